The molecule has 0 radical (unpaired) electrons. The average Bonchev–Trinajstić information content (AvgIpc) is 2.22. The predicted molar refractivity (Wildman–Crippen MR) is 67.3 cm³/mol. The Morgan fingerprint density at radius 3 is 1.64 bits per heavy atom. The molecule has 0 heterocycles. The second-order valence-corrected chi connectivity index (χ2v) is 16.6. The average molecular weight is 307 g/mol. The van der Waals surface area contributed by atoms with Gasteiger partial charge in [-0.15, -0.1) is 0 Å². The fourth-order valence-electron chi connectivity index (χ4n) is 2.03. The number of rotatable bonds is 9. The van der Waals surface area contributed by atoms with Crippen molar-refractivity contribution in [1.29, 1.82) is 0 Å². The summed E-state index contributed by atoms with van der Waals surface area (Å²) in [5, 5.41) is 0. The minimum atomic E-state index is -2.08. The molecule has 0 atom stereocenters. The molecule has 0 spiro atoms. The van der Waals surface area contributed by atoms with Gasteiger partial charge >= 0.3 is 95.2 Å². The van der Waals surface area contributed by atoms with E-state index in [0.29, 0.717) is 0 Å². The van der Waals surface area contributed by atoms with Crippen molar-refractivity contribution in [3.8, 4) is 0 Å². The first kappa shape index (κ1) is 14.8. The summed E-state index contributed by atoms with van der Waals surface area (Å²) < 4.78 is 10.5. The Labute approximate surface area is 95.0 Å². The Balaban J connectivity index is 4.11. The van der Waals surface area contributed by atoms with E-state index in [0.717, 1.165) is 6.61 Å². The molecule has 0 aromatic carbocycles. The standard InChI is InChI=1S/2C4H9.C2H5O.C2H5.Sn/c2*1-3-4-2;1-2-3;1-2;/h2*1,3-4H2,2H3;2H2,1H3;1H2,2H3;/q;;-1;;+1. The summed E-state index contributed by atoms with van der Waals surface area (Å²) in [5.41, 5.74) is 0. The van der Waals surface area contributed by atoms with E-state index in [2.05, 4.69) is 27.7 Å². The molecule has 0 bridgehead atoms. The van der Waals surface area contributed by atoms with Gasteiger partial charge in [0, 0.05) is 0 Å². The van der Waals surface area contributed by atoms with Crippen LogP contribution in [0.15, 0.2) is 0 Å². The zero-order chi connectivity index (χ0) is 10.9. The zero-order valence-electron chi connectivity index (χ0n) is 10.6. The molecule has 0 aliphatic heterocycles. The van der Waals surface area contributed by atoms with Gasteiger partial charge in [0.1, 0.15) is 0 Å². The number of hydrogen-bond acceptors (Lipinski definition) is 1. The van der Waals surface area contributed by atoms with Crippen LogP contribution in [0.4, 0.5) is 0 Å². The van der Waals surface area contributed by atoms with E-state index < -0.39 is 18.8 Å². The molecule has 1 nitrogen and oxygen atoms in total. The normalized spacial score (nSPS) is 12.0. The van der Waals surface area contributed by atoms with Gasteiger partial charge in [0.15, 0.2) is 0 Å². The first-order chi connectivity index (χ1) is 6.74. The molecule has 2 heteroatoms. The summed E-state index contributed by atoms with van der Waals surface area (Å²) in [6, 6.07) is 0. The van der Waals surface area contributed by atoms with E-state index in [1.165, 1.54) is 39.0 Å². The van der Waals surface area contributed by atoms with Crippen molar-refractivity contribution in [2.75, 3.05) is 6.61 Å². The van der Waals surface area contributed by atoms with E-state index in [1.54, 1.807) is 0 Å². The Hall–Kier alpha value is 0.759. The van der Waals surface area contributed by atoms with E-state index in [9.17, 15) is 0 Å². The van der Waals surface area contributed by atoms with Crippen LogP contribution >= 0.6 is 0 Å². The molecule has 14 heavy (non-hydrogen) atoms. The van der Waals surface area contributed by atoms with Crippen molar-refractivity contribution >= 4 is 18.8 Å². The molecule has 0 aromatic rings. The molecule has 86 valence electrons. The molecular weight excluding hydrogens is 279 g/mol. The summed E-state index contributed by atoms with van der Waals surface area (Å²) in [4.78, 5) is 0. The second-order valence-electron chi connectivity index (χ2n) is 4.18. The van der Waals surface area contributed by atoms with Crippen LogP contribution in [0.5, 0.6) is 0 Å². The van der Waals surface area contributed by atoms with Gasteiger partial charge in [0.2, 0.25) is 0 Å². The van der Waals surface area contributed by atoms with E-state index >= 15 is 0 Å². The topological polar surface area (TPSA) is 9.23 Å². The first-order valence-electron chi connectivity index (χ1n) is 6.38. The third kappa shape index (κ3) is 5.59. The van der Waals surface area contributed by atoms with Crippen LogP contribution in [-0.4, -0.2) is 25.4 Å². The van der Waals surface area contributed by atoms with Crippen LogP contribution in [0.2, 0.25) is 13.3 Å². The predicted octanol–water partition coefficient (Wildman–Crippen LogP) is 4.59. The molecule has 0 aromatic heterocycles. The quantitative estimate of drug-likeness (QED) is 0.566. The van der Waals surface area contributed by atoms with Crippen molar-refractivity contribution in [3.05, 3.63) is 0 Å². The summed E-state index contributed by atoms with van der Waals surface area (Å²) in [6.45, 7) is 10.1. The monoisotopic (exact) mass is 308 g/mol. The van der Waals surface area contributed by atoms with E-state index in [4.69, 9.17) is 3.07 Å². The molecule has 0 saturated heterocycles. The van der Waals surface area contributed by atoms with E-state index in [1.807, 2.05) is 0 Å². The molecule has 0 aliphatic carbocycles. The maximum absolute atomic E-state index is 6.19. The van der Waals surface area contributed by atoms with Gasteiger partial charge in [-0.1, -0.05) is 0 Å². The number of unbranched alkanes of at least 4 members (excludes halogenated alkanes) is 2. The van der Waals surface area contributed by atoms with Gasteiger partial charge in [-0.2, -0.15) is 0 Å². The molecule has 0 N–H and O–H groups in total. The Bertz CT molecular complexity index is 117. The van der Waals surface area contributed by atoms with Gasteiger partial charge in [0.05, 0.1) is 0 Å². The van der Waals surface area contributed by atoms with Gasteiger partial charge in [-0.05, 0) is 0 Å². The number of hydrogen-bond donors (Lipinski definition) is 0. The van der Waals surface area contributed by atoms with Crippen molar-refractivity contribution in [2.24, 2.45) is 0 Å². The molecule has 0 saturated carbocycles. The fourth-order valence-corrected chi connectivity index (χ4v) is 13.6. The summed E-state index contributed by atoms with van der Waals surface area (Å²) >= 11 is -2.08. The summed E-state index contributed by atoms with van der Waals surface area (Å²) in [5.74, 6) is 0. The third-order valence-electron chi connectivity index (χ3n) is 3.07. The molecule has 0 rings (SSSR count). The zero-order valence-corrected chi connectivity index (χ0v) is 13.4. The second kappa shape index (κ2) is 9.02. The molecule has 0 unspecified atom stereocenters. The van der Waals surface area contributed by atoms with Crippen LogP contribution in [0.1, 0.15) is 53.4 Å². The van der Waals surface area contributed by atoms with Gasteiger partial charge < -0.3 is 0 Å². The Morgan fingerprint density at radius 2 is 1.36 bits per heavy atom. The third-order valence-corrected chi connectivity index (χ3v) is 16.5. The first-order valence-corrected chi connectivity index (χ1v) is 13.6. The van der Waals surface area contributed by atoms with Gasteiger partial charge in [-0.3, -0.25) is 0 Å². The Morgan fingerprint density at radius 1 is 0.857 bits per heavy atom. The van der Waals surface area contributed by atoms with Crippen molar-refractivity contribution in [2.45, 2.75) is 66.7 Å². The molecule has 0 aliphatic rings. The van der Waals surface area contributed by atoms with Gasteiger partial charge in [-0.25, -0.2) is 0 Å². The molecular formula is C12H28OSn. The van der Waals surface area contributed by atoms with Crippen molar-refractivity contribution in [3.63, 3.8) is 0 Å². The fraction of sp³-hybridized carbons (Fsp3) is 1.00. The van der Waals surface area contributed by atoms with Crippen molar-refractivity contribution < 1.29 is 3.07 Å². The van der Waals surface area contributed by atoms with Crippen LogP contribution in [0.3, 0.4) is 0 Å². The molecule has 0 fully saturated rings. The van der Waals surface area contributed by atoms with E-state index in [-0.39, 0.29) is 0 Å². The van der Waals surface area contributed by atoms with Crippen LogP contribution in [-0.2, 0) is 3.07 Å². The summed E-state index contributed by atoms with van der Waals surface area (Å²) in [6.07, 6.45) is 5.46. The maximum atomic E-state index is 6.19. The van der Waals surface area contributed by atoms with Crippen LogP contribution in [0, 0.1) is 0 Å². The van der Waals surface area contributed by atoms with Gasteiger partial charge in [0.25, 0.3) is 0 Å². The SMILES string of the molecule is CCC[CH2][Sn]([CH2]C)([CH2]CCC)[O]CC. The summed E-state index contributed by atoms with van der Waals surface area (Å²) in [7, 11) is 0. The van der Waals surface area contributed by atoms with Crippen molar-refractivity contribution in [1.82, 2.24) is 0 Å². The molecule has 0 amide bonds. The van der Waals surface area contributed by atoms with Crippen LogP contribution < -0.4 is 0 Å². The Kier molecular flexibility index (Phi) is 9.51. The minimum absolute atomic E-state index is 0.956. The van der Waals surface area contributed by atoms with Crippen LogP contribution in [0.25, 0.3) is 0 Å².